The molecule has 0 bridgehead atoms. The van der Waals surface area contributed by atoms with Crippen LogP contribution in [0, 0.1) is 6.92 Å². The van der Waals surface area contributed by atoms with Gasteiger partial charge in [-0.05, 0) is 19.1 Å². The summed E-state index contributed by atoms with van der Waals surface area (Å²) in [4.78, 5) is -0.0596. The van der Waals surface area contributed by atoms with Gasteiger partial charge in [0.1, 0.15) is 0 Å². The van der Waals surface area contributed by atoms with Crippen LogP contribution >= 0.6 is 0 Å². The molecule has 5 heteroatoms. The van der Waals surface area contributed by atoms with E-state index >= 15 is 0 Å². The first-order valence-electron chi connectivity index (χ1n) is 3.21. The summed E-state index contributed by atoms with van der Waals surface area (Å²) < 4.78 is 25.0. The lowest BCUT2D eigenvalue weighted by atomic mass is 10.2. The highest BCUT2D eigenvalue weighted by molar-refractivity contribution is 7.86. The molecular formula is C7H7NO3S. The summed E-state index contributed by atoms with van der Waals surface area (Å²) in [5.74, 6) is 8.03. The summed E-state index contributed by atoms with van der Waals surface area (Å²) >= 11 is 0. The van der Waals surface area contributed by atoms with Gasteiger partial charge < -0.3 is 0 Å². The van der Waals surface area contributed by atoms with Gasteiger partial charge in [0.05, 0.1) is 10.8 Å². The fraction of sp³-hybridized carbons (Fsp3) is 0.143. The summed E-state index contributed by atoms with van der Waals surface area (Å²) in [6.07, 6.45) is 0. The van der Waals surface area contributed by atoms with Crippen LogP contribution in [0.4, 0.5) is 0 Å². The molecule has 0 fully saturated rings. The SMILES string of the molecule is Cc1ccc(S(=O)(=O)O[N])cc1. The van der Waals surface area contributed by atoms with Crippen LogP contribution in [0.2, 0.25) is 0 Å². The molecule has 0 saturated heterocycles. The van der Waals surface area contributed by atoms with E-state index in [0.717, 1.165) is 5.56 Å². The molecule has 0 saturated carbocycles. The average molecular weight is 185 g/mol. The van der Waals surface area contributed by atoms with Crippen molar-refractivity contribution in [3.8, 4) is 0 Å². The largest absolute Gasteiger partial charge is 0.315 e. The van der Waals surface area contributed by atoms with Crippen molar-refractivity contribution in [1.82, 2.24) is 5.90 Å². The van der Waals surface area contributed by atoms with Gasteiger partial charge in [-0.1, -0.05) is 17.7 Å². The van der Waals surface area contributed by atoms with Crippen molar-refractivity contribution >= 4 is 10.1 Å². The van der Waals surface area contributed by atoms with E-state index in [4.69, 9.17) is 5.90 Å². The molecule has 0 aliphatic rings. The van der Waals surface area contributed by atoms with Crippen LogP contribution in [-0.4, -0.2) is 8.42 Å². The standard InChI is InChI=1S/C7H7NO3S/c1-6-2-4-7(5-3-6)12(9,10)11-8/h2-5H,1H3. The summed E-state index contributed by atoms with van der Waals surface area (Å²) in [6, 6.07) is 5.96. The molecule has 1 rings (SSSR count). The van der Waals surface area contributed by atoms with Crippen molar-refractivity contribution < 1.29 is 12.7 Å². The summed E-state index contributed by atoms with van der Waals surface area (Å²) in [6.45, 7) is 1.83. The van der Waals surface area contributed by atoms with E-state index < -0.39 is 10.1 Å². The molecule has 4 nitrogen and oxygen atoms in total. The maximum atomic E-state index is 10.8. The monoisotopic (exact) mass is 185 g/mol. The highest BCUT2D eigenvalue weighted by atomic mass is 32.2. The lowest BCUT2D eigenvalue weighted by Crippen LogP contribution is -2.03. The van der Waals surface area contributed by atoms with E-state index in [1.807, 2.05) is 6.92 Å². The van der Waals surface area contributed by atoms with Crippen LogP contribution in [0.5, 0.6) is 0 Å². The second-order valence-corrected chi connectivity index (χ2v) is 3.87. The van der Waals surface area contributed by atoms with Crippen LogP contribution < -0.4 is 5.90 Å². The van der Waals surface area contributed by atoms with Gasteiger partial charge >= 0.3 is 10.1 Å². The van der Waals surface area contributed by atoms with Crippen LogP contribution in [0.15, 0.2) is 29.2 Å². The molecule has 2 radical (unpaired) electrons. The first kappa shape index (κ1) is 9.18. The van der Waals surface area contributed by atoms with Crippen molar-refractivity contribution in [1.29, 1.82) is 0 Å². The highest BCUT2D eigenvalue weighted by Crippen LogP contribution is 2.11. The van der Waals surface area contributed by atoms with Gasteiger partial charge in [-0.2, -0.15) is 8.42 Å². The Morgan fingerprint density at radius 3 is 2.17 bits per heavy atom. The number of hydrogen-bond acceptors (Lipinski definition) is 3. The Morgan fingerprint density at radius 2 is 1.75 bits per heavy atom. The lowest BCUT2D eigenvalue weighted by molar-refractivity contribution is 0.310. The Kier molecular flexibility index (Phi) is 2.46. The van der Waals surface area contributed by atoms with Gasteiger partial charge in [0.25, 0.3) is 0 Å². The van der Waals surface area contributed by atoms with Crippen molar-refractivity contribution in [3.63, 3.8) is 0 Å². The third-order valence-electron chi connectivity index (χ3n) is 1.41. The zero-order valence-corrected chi connectivity index (χ0v) is 7.21. The van der Waals surface area contributed by atoms with Gasteiger partial charge in [-0.15, -0.1) is 4.28 Å². The molecule has 0 spiro atoms. The molecule has 0 unspecified atom stereocenters. The Morgan fingerprint density at radius 1 is 1.25 bits per heavy atom. The van der Waals surface area contributed by atoms with Crippen molar-refractivity contribution in [2.24, 2.45) is 0 Å². The third-order valence-corrected chi connectivity index (χ3v) is 2.45. The van der Waals surface area contributed by atoms with E-state index in [2.05, 4.69) is 4.28 Å². The summed E-state index contributed by atoms with van der Waals surface area (Å²) in [5, 5.41) is 0. The number of benzene rings is 1. The first-order valence-corrected chi connectivity index (χ1v) is 4.62. The molecule has 0 aromatic heterocycles. The van der Waals surface area contributed by atoms with E-state index in [0.29, 0.717) is 0 Å². The van der Waals surface area contributed by atoms with E-state index in [1.54, 1.807) is 12.1 Å². The van der Waals surface area contributed by atoms with Crippen LogP contribution in [0.1, 0.15) is 5.56 Å². The van der Waals surface area contributed by atoms with E-state index in [-0.39, 0.29) is 4.90 Å². The van der Waals surface area contributed by atoms with Crippen LogP contribution in [-0.2, 0) is 14.4 Å². The number of nitrogens with zero attached hydrogens (tertiary/aromatic N) is 1. The number of hydrogen-bond donors (Lipinski definition) is 0. The van der Waals surface area contributed by atoms with Gasteiger partial charge in [0.15, 0.2) is 0 Å². The average Bonchev–Trinajstić information content (AvgIpc) is 2.05. The molecule has 0 N–H and O–H groups in total. The van der Waals surface area contributed by atoms with Crippen LogP contribution in [0.3, 0.4) is 0 Å². The first-order chi connectivity index (χ1) is 5.56. The topological polar surface area (TPSA) is 65.7 Å². The predicted molar refractivity (Wildman–Crippen MR) is 41.6 cm³/mol. The Balaban J connectivity index is 3.14. The molecule has 0 aliphatic heterocycles. The maximum Gasteiger partial charge on any atom is 0.315 e. The smallest absolute Gasteiger partial charge is 0.192 e. The molecule has 0 amide bonds. The third kappa shape index (κ3) is 1.82. The minimum atomic E-state index is -3.96. The van der Waals surface area contributed by atoms with Gasteiger partial charge in [0, 0.05) is 0 Å². The maximum absolute atomic E-state index is 10.8. The molecule has 64 valence electrons. The second-order valence-electron chi connectivity index (χ2n) is 2.34. The fourth-order valence-electron chi connectivity index (χ4n) is 0.748. The quantitative estimate of drug-likeness (QED) is 0.636. The van der Waals surface area contributed by atoms with Crippen molar-refractivity contribution in [2.75, 3.05) is 0 Å². The van der Waals surface area contributed by atoms with E-state index in [1.165, 1.54) is 12.1 Å². The molecule has 0 heterocycles. The molecule has 1 aromatic rings. The summed E-state index contributed by atoms with van der Waals surface area (Å²) in [5.41, 5.74) is 0.937. The molecule has 0 atom stereocenters. The fourth-order valence-corrected chi connectivity index (χ4v) is 1.30. The number of aryl methyl sites for hydroxylation is 1. The van der Waals surface area contributed by atoms with Gasteiger partial charge in [-0.25, -0.2) is 0 Å². The van der Waals surface area contributed by atoms with Crippen molar-refractivity contribution in [2.45, 2.75) is 11.8 Å². The second kappa shape index (κ2) is 3.22. The zero-order chi connectivity index (χ0) is 9.19. The minimum absolute atomic E-state index is 0.0596. The van der Waals surface area contributed by atoms with E-state index in [9.17, 15) is 8.42 Å². The molecule has 0 aliphatic carbocycles. The van der Waals surface area contributed by atoms with Crippen LogP contribution in [0.25, 0.3) is 0 Å². The number of rotatable bonds is 2. The van der Waals surface area contributed by atoms with Gasteiger partial charge in [0.2, 0.25) is 0 Å². The Bertz CT molecular complexity index is 355. The normalized spacial score (nSPS) is 11.5. The Labute approximate surface area is 71.0 Å². The predicted octanol–water partition coefficient (Wildman–Crippen LogP) is 0.684. The molecule has 12 heavy (non-hydrogen) atoms. The summed E-state index contributed by atoms with van der Waals surface area (Å²) in [7, 11) is -3.96. The van der Waals surface area contributed by atoms with Crippen molar-refractivity contribution in [3.05, 3.63) is 29.8 Å². The minimum Gasteiger partial charge on any atom is -0.192 e. The zero-order valence-electron chi connectivity index (χ0n) is 6.39. The Hall–Kier alpha value is -0.910. The molecular weight excluding hydrogens is 178 g/mol. The van der Waals surface area contributed by atoms with Gasteiger partial charge in [-0.3, -0.25) is 0 Å². The highest BCUT2D eigenvalue weighted by Gasteiger charge is 2.13. The molecule has 1 aromatic carbocycles. The lowest BCUT2D eigenvalue weighted by Gasteiger charge is -1.98.